The number of benzene rings is 1. The van der Waals surface area contributed by atoms with E-state index in [9.17, 15) is 4.39 Å². The maximum atomic E-state index is 13.6. The lowest BCUT2D eigenvalue weighted by Gasteiger charge is -2.06. The molecular weight excluding hydrogens is 250 g/mol. The van der Waals surface area contributed by atoms with Crippen LogP contribution in [0.25, 0.3) is 11.1 Å². The second kappa shape index (κ2) is 4.28. The highest BCUT2D eigenvalue weighted by atomic mass is 35.5. The lowest BCUT2D eigenvalue weighted by molar-refractivity contribution is 0.630. The van der Waals surface area contributed by atoms with E-state index in [0.29, 0.717) is 21.2 Å². The molecular formula is C11H7Cl2FN2. The highest BCUT2D eigenvalue weighted by Gasteiger charge is 2.10. The van der Waals surface area contributed by atoms with Gasteiger partial charge in [-0.3, -0.25) is 0 Å². The van der Waals surface area contributed by atoms with E-state index in [1.165, 1.54) is 6.20 Å². The standard InChI is InChI=1S/C11H7Cl2FN2/c12-6-1-2-7(9(13)3-6)8-5-16-11(15)4-10(8)14/h1-5H,(H2,15,16). The number of anilines is 1. The van der Waals surface area contributed by atoms with Gasteiger partial charge in [-0.05, 0) is 12.1 Å². The van der Waals surface area contributed by atoms with E-state index in [1.54, 1.807) is 18.2 Å². The van der Waals surface area contributed by atoms with Gasteiger partial charge in [0.2, 0.25) is 0 Å². The molecule has 2 aromatic rings. The predicted molar refractivity (Wildman–Crippen MR) is 64.1 cm³/mol. The van der Waals surface area contributed by atoms with Gasteiger partial charge in [0.25, 0.3) is 0 Å². The molecule has 0 unspecified atom stereocenters. The third-order valence-corrected chi connectivity index (χ3v) is 2.64. The maximum absolute atomic E-state index is 13.6. The van der Waals surface area contributed by atoms with Crippen molar-refractivity contribution in [3.05, 3.63) is 46.3 Å². The number of nitrogens with two attached hydrogens (primary N) is 1. The van der Waals surface area contributed by atoms with Crippen molar-refractivity contribution in [2.75, 3.05) is 5.73 Å². The maximum Gasteiger partial charge on any atom is 0.136 e. The monoisotopic (exact) mass is 256 g/mol. The van der Waals surface area contributed by atoms with Crippen molar-refractivity contribution in [1.82, 2.24) is 4.98 Å². The Morgan fingerprint density at radius 1 is 1.12 bits per heavy atom. The minimum Gasteiger partial charge on any atom is -0.384 e. The summed E-state index contributed by atoms with van der Waals surface area (Å²) in [6.45, 7) is 0. The summed E-state index contributed by atoms with van der Waals surface area (Å²) in [7, 11) is 0. The first kappa shape index (κ1) is 11.2. The van der Waals surface area contributed by atoms with E-state index in [4.69, 9.17) is 28.9 Å². The number of nitrogen functional groups attached to an aromatic ring is 1. The summed E-state index contributed by atoms with van der Waals surface area (Å²) in [4.78, 5) is 3.83. The van der Waals surface area contributed by atoms with Gasteiger partial charge >= 0.3 is 0 Å². The summed E-state index contributed by atoms with van der Waals surface area (Å²) >= 11 is 11.7. The Bertz CT molecular complexity index is 494. The van der Waals surface area contributed by atoms with Crippen LogP contribution in [0.4, 0.5) is 10.2 Å². The van der Waals surface area contributed by atoms with Crippen LogP contribution in [-0.4, -0.2) is 4.98 Å². The molecule has 82 valence electrons. The van der Waals surface area contributed by atoms with Crippen LogP contribution in [0.2, 0.25) is 10.0 Å². The molecule has 1 aromatic heterocycles. The van der Waals surface area contributed by atoms with E-state index in [-0.39, 0.29) is 5.82 Å². The molecule has 0 aliphatic carbocycles. The molecule has 2 nitrogen and oxygen atoms in total. The number of aromatic nitrogens is 1. The molecule has 0 fully saturated rings. The zero-order valence-corrected chi connectivity index (χ0v) is 9.56. The van der Waals surface area contributed by atoms with Crippen LogP contribution in [0.1, 0.15) is 0 Å². The summed E-state index contributed by atoms with van der Waals surface area (Å²) in [6.07, 6.45) is 1.35. The lowest BCUT2D eigenvalue weighted by Crippen LogP contribution is -1.93. The fraction of sp³-hybridized carbons (Fsp3) is 0. The zero-order chi connectivity index (χ0) is 11.7. The summed E-state index contributed by atoms with van der Waals surface area (Å²) in [6, 6.07) is 5.98. The van der Waals surface area contributed by atoms with Gasteiger partial charge in [0.15, 0.2) is 0 Å². The summed E-state index contributed by atoms with van der Waals surface area (Å²) in [5, 5.41) is 0.871. The molecule has 0 bridgehead atoms. The average Bonchev–Trinajstić information content (AvgIpc) is 2.19. The minimum atomic E-state index is -0.461. The number of hydrogen-bond donors (Lipinski definition) is 1. The molecule has 16 heavy (non-hydrogen) atoms. The smallest absolute Gasteiger partial charge is 0.136 e. The first-order chi connectivity index (χ1) is 7.58. The van der Waals surface area contributed by atoms with Crippen LogP contribution < -0.4 is 5.73 Å². The predicted octanol–water partition coefficient (Wildman–Crippen LogP) is 3.78. The Morgan fingerprint density at radius 3 is 2.50 bits per heavy atom. The van der Waals surface area contributed by atoms with Crippen molar-refractivity contribution in [1.29, 1.82) is 0 Å². The fourth-order valence-electron chi connectivity index (χ4n) is 1.35. The van der Waals surface area contributed by atoms with Crippen LogP contribution in [-0.2, 0) is 0 Å². The number of halogens is 3. The third-order valence-electron chi connectivity index (χ3n) is 2.10. The summed E-state index contributed by atoms with van der Waals surface area (Å²) in [5.41, 5.74) is 6.20. The molecule has 1 heterocycles. The van der Waals surface area contributed by atoms with Gasteiger partial charge in [0.1, 0.15) is 11.6 Å². The Balaban J connectivity index is 2.59. The summed E-state index contributed by atoms with van der Waals surface area (Å²) in [5.74, 6) is -0.331. The van der Waals surface area contributed by atoms with Crippen LogP contribution in [0.5, 0.6) is 0 Å². The Hall–Kier alpha value is -1.32. The van der Waals surface area contributed by atoms with Crippen molar-refractivity contribution in [3.63, 3.8) is 0 Å². The molecule has 0 saturated carbocycles. The van der Waals surface area contributed by atoms with Gasteiger partial charge in [-0.1, -0.05) is 29.3 Å². The number of hydrogen-bond acceptors (Lipinski definition) is 2. The van der Waals surface area contributed by atoms with Crippen LogP contribution in [0.3, 0.4) is 0 Å². The van der Waals surface area contributed by atoms with E-state index in [1.807, 2.05) is 0 Å². The average molecular weight is 257 g/mol. The molecule has 1 aromatic carbocycles. The highest BCUT2D eigenvalue weighted by Crippen LogP contribution is 2.31. The topological polar surface area (TPSA) is 38.9 Å². The van der Waals surface area contributed by atoms with Gasteiger partial charge in [0, 0.05) is 28.4 Å². The molecule has 0 spiro atoms. The SMILES string of the molecule is Nc1cc(F)c(-c2ccc(Cl)cc2Cl)cn1. The molecule has 0 atom stereocenters. The van der Waals surface area contributed by atoms with Crippen LogP contribution in [0.15, 0.2) is 30.5 Å². The molecule has 2 rings (SSSR count). The van der Waals surface area contributed by atoms with E-state index in [0.717, 1.165) is 6.07 Å². The first-order valence-corrected chi connectivity index (χ1v) is 5.20. The van der Waals surface area contributed by atoms with Crippen LogP contribution >= 0.6 is 23.2 Å². The Labute approximate surface area is 102 Å². The fourth-order valence-corrected chi connectivity index (χ4v) is 1.86. The van der Waals surface area contributed by atoms with Crippen molar-refractivity contribution < 1.29 is 4.39 Å². The van der Waals surface area contributed by atoms with Crippen molar-refractivity contribution >= 4 is 29.0 Å². The number of nitrogens with zero attached hydrogens (tertiary/aromatic N) is 1. The number of pyridine rings is 1. The quantitative estimate of drug-likeness (QED) is 0.844. The Kier molecular flexibility index (Phi) is 2.99. The van der Waals surface area contributed by atoms with Crippen LogP contribution in [0, 0.1) is 5.82 Å². The normalized spacial score (nSPS) is 10.4. The van der Waals surface area contributed by atoms with E-state index < -0.39 is 5.82 Å². The Morgan fingerprint density at radius 2 is 1.88 bits per heavy atom. The first-order valence-electron chi connectivity index (χ1n) is 4.44. The van der Waals surface area contributed by atoms with Crippen molar-refractivity contribution in [2.24, 2.45) is 0 Å². The summed E-state index contributed by atoms with van der Waals surface area (Å²) < 4.78 is 13.6. The van der Waals surface area contributed by atoms with Gasteiger partial charge < -0.3 is 5.73 Å². The molecule has 0 saturated heterocycles. The largest absolute Gasteiger partial charge is 0.384 e. The van der Waals surface area contributed by atoms with Gasteiger partial charge in [-0.25, -0.2) is 9.37 Å². The van der Waals surface area contributed by atoms with Gasteiger partial charge in [-0.2, -0.15) is 0 Å². The highest BCUT2D eigenvalue weighted by molar-refractivity contribution is 6.36. The second-order valence-corrected chi connectivity index (χ2v) is 4.06. The number of rotatable bonds is 1. The molecule has 0 aliphatic heterocycles. The molecule has 0 aliphatic rings. The van der Waals surface area contributed by atoms with E-state index >= 15 is 0 Å². The van der Waals surface area contributed by atoms with Crippen molar-refractivity contribution in [2.45, 2.75) is 0 Å². The minimum absolute atomic E-state index is 0.131. The second-order valence-electron chi connectivity index (χ2n) is 3.21. The molecule has 0 amide bonds. The lowest BCUT2D eigenvalue weighted by atomic mass is 10.1. The third kappa shape index (κ3) is 2.10. The molecule has 2 N–H and O–H groups in total. The van der Waals surface area contributed by atoms with Gasteiger partial charge in [-0.15, -0.1) is 0 Å². The zero-order valence-electron chi connectivity index (χ0n) is 8.05. The van der Waals surface area contributed by atoms with Gasteiger partial charge in [0.05, 0.1) is 5.02 Å². The van der Waals surface area contributed by atoms with Crippen molar-refractivity contribution in [3.8, 4) is 11.1 Å². The van der Waals surface area contributed by atoms with E-state index in [2.05, 4.69) is 4.98 Å². The molecule has 0 radical (unpaired) electrons. The molecule has 5 heteroatoms.